The molecule has 1 N–H and O–H groups in total. The van der Waals surface area contributed by atoms with Gasteiger partial charge in [-0.1, -0.05) is 42.5 Å². The van der Waals surface area contributed by atoms with E-state index < -0.39 is 24.3 Å². The summed E-state index contributed by atoms with van der Waals surface area (Å²) in [7, 11) is 0. The minimum Gasteiger partial charge on any atom is -0.362 e. The van der Waals surface area contributed by atoms with Crippen molar-refractivity contribution >= 4 is 17.6 Å². The minimum atomic E-state index is -0.534. The standard InChI is InChI=1S/C17H16N2/c1-4-10-16(11-5-1)18-14-8-3-9-15-19-17-12-6-2-7-13-17/h1-15,18H/i3D,8D,9D,14D,15D. The summed E-state index contributed by atoms with van der Waals surface area (Å²) in [6.45, 7) is 0. The maximum absolute atomic E-state index is 7.86. The van der Waals surface area contributed by atoms with E-state index in [0.29, 0.717) is 11.4 Å². The Hall–Kier alpha value is -2.61. The molecule has 94 valence electrons. The molecule has 0 heterocycles. The normalized spacial score (nSPS) is 17.9. The number of hydrogen-bond donors (Lipinski definition) is 1. The van der Waals surface area contributed by atoms with Crippen LogP contribution in [-0.4, -0.2) is 6.19 Å². The number of allylic oxidation sites excluding steroid dienone is 3. The molecule has 2 aromatic rings. The Morgan fingerprint density at radius 3 is 2.26 bits per heavy atom. The van der Waals surface area contributed by atoms with Crippen LogP contribution in [0.1, 0.15) is 6.85 Å². The van der Waals surface area contributed by atoms with Crippen molar-refractivity contribution in [1.29, 1.82) is 0 Å². The van der Waals surface area contributed by atoms with Gasteiger partial charge in [-0.25, -0.2) is 0 Å². The molecule has 0 atom stereocenters. The molecule has 0 aliphatic carbocycles. The van der Waals surface area contributed by atoms with Gasteiger partial charge in [-0.3, -0.25) is 4.99 Å². The molecular formula is C17H16N2. The highest BCUT2D eigenvalue weighted by molar-refractivity contribution is 5.74. The van der Waals surface area contributed by atoms with Crippen LogP contribution in [0.3, 0.4) is 0 Å². The molecule has 2 aromatic carbocycles. The number of nitrogens with zero attached hydrogens (tertiary/aromatic N) is 1. The first kappa shape index (κ1) is 7.74. The van der Waals surface area contributed by atoms with E-state index >= 15 is 0 Å². The number of aliphatic imine (C=N–C) groups is 1. The number of rotatable bonds is 5. The topological polar surface area (TPSA) is 24.4 Å². The predicted molar refractivity (Wildman–Crippen MR) is 82.9 cm³/mol. The molecule has 19 heavy (non-hydrogen) atoms. The van der Waals surface area contributed by atoms with Crippen molar-refractivity contribution < 1.29 is 6.85 Å². The summed E-state index contributed by atoms with van der Waals surface area (Å²) in [5.74, 6) is 0. The van der Waals surface area contributed by atoms with E-state index in [1.807, 2.05) is 12.1 Å². The van der Waals surface area contributed by atoms with Crippen molar-refractivity contribution in [3.63, 3.8) is 0 Å². The SMILES string of the molecule is [2H]C(=Nc1ccccc1)C([2H])=C([2H])C([2H])=C([2H])Nc1ccccc1. The Balaban J connectivity index is 2.26. The summed E-state index contributed by atoms with van der Waals surface area (Å²) in [4.78, 5) is 3.94. The van der Waals surface area contributed by atoms with Crippen molar-refractivity contribution in [3.8, 4) is 0 Å². The molecule has 0 fully saturated rings. The maximum atomic E-state index is 7.86. The van der Waals surface area contributed by atoms with Crippen molar-refractivity contribution in [2.45, 2.75) is 0 Å². The van der Waals surface area contributed by atoms with E-state index in [9.17, 15) is 0 Å². The van der Waals surface area contributed by atoms with Crippen molar-refractivity contribution in [2.24, 2.45) is 4.99 Å². The minimum absolute atomic E-state index is 0.316. The van der Waals surface area contributed by atoms with Crippen molar-refractivity contribution in [3.05, 3.63) is 85.0 Å². The smallest absolute Gasteiger partial charge is 0.0840 e. The number of para-hydroxylation sites is 2. The average molecular weight is 253 g/mol. The second-order valence-corrected chi connectivity index (χ2v) is 3.55. The zero-order valence-corrected chi connectivity index (χ0v) is 10.2. The molecule has 0 radical (unpaired) electrons. The van der Waals surface area contributed by atoms with E-state index in [1.54, 1.807) is 48.5 Å². The molecule has 0 bridgehead atoms. The molecule has 0 amide bonds. The number of hydrogen-bond acceptors (Lipinski definition) is 2. The van der Waals surface area contributed by atoms with Crippen LogP contribution in [0, 0.1) is 0 Å². The third-order valence-electron chi connectivity index (χ3n) is 2.17. The van der Waals surface area contributed by atoms with E-state index in [0.717, 1.165) is 0 Å². The van der Waals surface area contributed by atoms with Gasteiger partial charge in [0.2, 0.25) is 0 Å². The van der Waals surface area contributed by atoms with E-state index in [4.69, 9.17) is 6.85 Å². The summed E-state index contributed by atoms with van der Waals surface area (Å²) >= 11 is 0. The summed E-state index contributed by atoms with van der Waals surface area (Å²) in [5.41, 5.74) is 1.10. The van der Waals surface area contributed by atoms with Gasteiger partial charge in [-0.15, -0.1) is 0 Å². The second kappa shape index (κ2) is 7.67. The molecule has 0 aliphatic heterocycles. The lowest BCUT2D eigenvalue weighted by atomic mass is 10.3. The zero-order valence-electron chi connectivity index (χ0n) is 15.2. The number of benzene rings is 2. The molecule has 0 saturated heterocycles. The van der Waals surface area contributed by atoms with Crippen molar-refractivity contribution in [1.82, 2.24) is 0 Å². The maximum Gasteiger partial charge on any atom is 0.0840 e. The zero-order chi connectivity index (χ0) is 17.5. The van der Waals surface area contributed by atoms with Crippen LogP contribution < -0.4 is 5.32 Å². The van der Waals surface area contributed by atoms with Gasteiger partial charge < -0.3 is 5.32 Å². The van der Waals surface area contributed by atoms with Crippen LogP contribution >= 0.6 is 0 Å². The third kappa shape index (κ3) is 5.04. The summed E-state index contributed by atoms with van der Waals surface area (Å²) in [6.07, 6.45) is -0.744. The van der Waals surface area contributed by atoms with Crippen LogP contribution in [0.25, 0.3) is 0 Å². The average Bonchev–Trinajstić information content (AvgIpc) is 2.61. The highest BCUT2D eigenvalue weighted by atomic mass is 14.8. The molecule has 0 saturated carbocycles. The summed E-state index contributed by atoms with van der Waals surface area (Å²) in [6, 6.07) is 16.0. The molecule has 2 rings (SSSR count). The molecule has 0 aliphatic rings. The fourth-order valence-corrected chi connectivity index (χ4v) is 1.31. The summed E-state index contributed by atoms with van der Waals surface area (Å²) < 4.78 is 39.2. The fourth-order valence-electron chi connectivity index (χ4n) is 1.31. The molecule has 2 nitrogen and oxygen atoms in total. The number of anilines is 1. The largest absolute Gasteiger partial charge is 0.362 e. The quantitative estimate of drug-likeness (QED) is 0.612. The van der Waals surface area contributed by atoms with Gasteiger partial charge in [-0.2, -0.15) is 0 Å². The van der Waals surface area contributed by atoms with Gasteiger partial charge in [0.05, 0.1) is 12.5 Å². The number of nitrogens with one attached hydrogen (secondary N) is 1. The van der Waals surface area contributed by atoms with E-state index in [2.05, 4.69) is 10.3 Å². The Morgan fingerprint density at radius 1 is 0.842 bits per heavy atom. The third-order valence-corrected chi connectivity index (χ3v) is 2.17. The first-order chi connectivity index (χ1) is 11.5. The van der Waals surface area contributed by atoms with Gasteiger partial charge in [-0.05, 0) is 36.4 Å². The molecular weight excluding hydrogens is 232 g/mol. The Kier molecular flexibility index (Phi) is 3.12. The lowest BCUT2D eigenvalue weighted by Gasteiger charge is -1.97. The predicted octanol–water partition coefficient (Wildman–Crippen LogP) is 4.57. The Morgan fingerprint density at radius 2 is 1.53 bits per heavy atom. The molecule has 2 heteroatoms. The highest BCUT2D eigenvalue weighted by Gasteiger charge is 1.82. The van der Waals surface area contributed by atoms with Crippen LogP contribution in [0.4, 0.5) is 11.4 Å². The van der Waals surface area contributed by atoms with Crippen LogP contribution in [0.5, 0.6) is 0 Å². The van der Waals surface area contributed by atoms with Gasteiger partial charge in [0, 0.05) is 18.1 Å². The first-order valence-electron chi connectivity index (χ1n) is 8.27. The van der Waals surface area contributed by atoms with E-state index in [1.165, 1.54) is 0 Å². The fraction of sp³-hybridized carbons (Fsp3) is 0. The molecule has 0 aromatic heterocycles. The van der Waals surface area contributed by atoms with Gasteiger partial charge in [0.25, 0.3) is 0 Å². The lowest BCUT2D eigenvalue weighted by molar-refractivity contribution is 1.54. The lowest BCUT2D eigenvalue weighted by Crippen LogP contribution is -1.84. The van der Waals surface area contributed by atoms with E-state index in [-0.39, 0.29) is 6.18 Å². The first-order valence-corrected chi connectivity index (χ1v) is 5.77. The van der Waals surface area contributed by atoms with Gasteiger partial charge in [0.1, 0.15) is 0 Å². The monoisotopic (exact) mass is 253 g/mol. The molecule has 0 spiro atoms. The Labute approximate surface area is 120 Å². The highest BCUT2D eigenvalue weighted by Crippen LogP contribution is 2.08. The van der Waals surface area contributed by atoms with Crippen LogP contribution in [0.15, 0.2) is 90.0 Å². The van der Waals surface area contributed by atoms with Crippen LogP contribution in [-0.2, 0) is 0 Å². The molecule has 0 unspecified atom stereocenters. The van der Waals surface area contributed by atoms with Crippen molar-refractivity contribution in [2.75, 3.05) is 5.32 Å². The Bertz CT molecular complexity index is 783. The summed E-state index contributed by atoms with van der Waals surface area (Å²) in [5, 5.41) is 2.69. The van der Waals surface area contributed by atoms with Gasteiger partial charge >= 0.3 is 0 Å². The van der Waals surface area contributed by atoms with Crippen LogP contribution in [0.2, 0.25) is 0 Å². The van der Waals surface area contributed by atoms with Gasteiger partial charge in [0.15, 0.2) is 0 Å². The second-order valence-electron chi connectivity index (χ2n) is 3.55.